The molecule has 0 fully saturated rings. The van der Waals surface area contributed by atoms with E-state index < -0.39 is 0 Å². The zero-order valence-corrected chi connectivity index (χ0v) is 20.2. The highest BCUT2D eigenvalue weighted by molar-refractivity contribution is 7.99. The number of carbonyl (C=O) groups excluding carboxylic acids is 1. The maximum absolute atomic E-state index is 13.8. The van der Waals surface area contributed by atoms with Crippen LogP contribution in [-0.2, 0) is 12.8 Å². The second-order valence-corrected chi connectivity index (χ2v) is 10.8. The van der Waals surface area contributed by atoms with Gasteiger partial charge in [0.2, 0.25) is 5.78 Å². The van der Waals surface area contributed by atoms with Crippen LogP contribution in [0, 0.1) is 5.92 Å². The molecule has 0 N–H and O–H groups in total. The number of carbonyl (C=O) groups is 1. The van der Waals surface area contributed by atoms with Crippen molar-refractivity contribution in [2.24, 2.45) is 5.92 Å². The molecule has 1 aliphatic rings. The van der Waals surface area contributed by atoms with Gasteiger partial charge in [0.25, 0.3) is 5.56 Å². The van der Waals surface area contributed by atoms with Gasteiger partial charge in [0.15, 0.2) is 10.9 Å². The predicted molar refractivity (Wildman–Crippen MR) is 138 cm³/mol. The lowest BCUT2D eigenvalue weighted by atomic mass is 9.89. The summed E-state index contributed by atoms with van der Waals surface area (Å²) < 4.78 is 7.40. The number of hydrogen-bond acceptors (Lipinski definition) is 6. The van der Waals surface area contributed by atoms with Crippen LogP contribution in [-0.4, -0.2) is 21.1 Å². The Morgan fingerprint density at radius 2 is 1.97 bits per heavy atom. The molecule has 0 aliphatic heterocycles. The van der Waals surface area contributed by atoms with E-state index in [4.69, 9.17) is 9.40 Å². The highest BCUT2D eigenvalue weighted by atomic mass is 32.2. The summed E-state index contributed by atoms with van der Waals surface area (Å²) in [5, 5.41) is 2.17. The fraction of sp³-hybridized carbons (Fsp3) is 0.222. The average Bonchev–Trinajstić information content (AvgIpc) is 3.44. The molecule has 170 valence electrons. The van der Waals surface area contributed by atoms with Crippen LogP contribution in [0.1, 0.15) is 34.3 Å². The van der Waals surface area contributed by atoms with Crippen LogP contribution in [0.5, 0.6) is 0 Å². The molecule has 1 aliphatic carbocycles. The molecule has 3 aromatic heterocycles. The van der Waals surface area contributed by atoms with Gasteiger partial charge in [-0.3, -0.25) is 14.2 Å². The molecule has 0 saturated carbocycles. The molecule has 0 saturated heterocycles. The van der Waals surface area contributed by atoms with Crippen molar-refractivity contribution in [3.63, 3.8) is 0 Å². The second kappa shape index (κ2) is 8.56. The summed E-state index contributed by atoms with van der Waals surface area (Å²) in [6, 6.07) is 18.9. The molecule has 0 amide bonds. The van der Waals surface area contributed by atoms with Gasteiger partial charge in [0.05, 0.1) is 16.8 Å². The molecular weight excluding hydrogens is 464 g/mol. The van der Waals surface area contributed by atoms with E-state index in [1.54, 1.807) is 22.0 Å². The summed E-state index contributed by atoms with van der Waals surface area (Å²) in [6.07, 6.45) is 3.00. The Labute approximate surface area is 204 Å². The van der Waals surface area contributed by atoms with Crippen LogP contribution in [0.25, 0.3) is 26.9 Å². The van der Waals surface area contributed by atoms with Crippen LogP contribution >= 0.6 is 23.1 Å². The van der Waals surface area contributed by atoms with Crippen LogP contribution in [0.4, 0.5) is 0 Å². The number of hydrogen-bond donors (Lipinski definition) is 0. The minimum absolute atomic E-state index is 0.0538. The number of furan rings is 1. The zero-order chi connectivity index (χ0) is 23.2. The number of ketones is 1. The first-order valence-electron chi connectivity index (χ1n) is 11.4. The number of rotatable bonds is 5. The number of thiophene rings is 1. The van der Waals surface area contributed by atoms with E-state index in [0.29, 0.717) is 22.4 Å². The third-order valence-electron chi connectivity index (χ3n) is 6.35. The molecule has 6 rings (SSSR count). The van der Waals surface area contributed by atoms with Gasteiger partial charge in [0, 0.05) is 10.3 Å². The molecule has 5 nitrogen and oxygen atoms in total. The molecule has 0 bridgehead atoms. The lowest BCUT2D eigenvalue weighted by Gasteiger charge is -2.17. The van der Waals surface area contributed by atoms with Crippen molar-refractivity contribution in [1.82, 2.24) is 9.55 Å². The van der Waals surface area contributed by atoms with Gasteiger partial charge < -0.3 is 4.42 Å². The SMILES string of the molecule is CC1CCc2c(sc3nc(SCC(=O)c4cc5ccccc5o4)n(-c4ccccc4)c(=O)c23)C1. The van der Waals surface area contributed by atoms with Gasteiger partial charge in [-0.2, -0.15) is 0 Å². The monoisotopic (exact) mass is 486 g/mol. The number of nitrogens with zero attached hydrogens (tertiary/aromatic N) is 2. The van der Waals surface area contributed by atoms with Crippen LogP contribution in [0.15, 0.2) is 75.0 Å². The zero-order valence-electron chi connectivity index (χ0n) is 18.6. The number of para-hydroxylation sites is 2. The summed E-state index contributed by atoms with van der Waals surface area (Å²) in [4.78, 5) is 33.7. The summed E-state index contributed by atoms with van der Waals surface area (Å²) in [7, 11) is 0. The number of thioether (sulfide) groups is 1. The Kier molecular flexibility index (Phi) is 5.38. The van der Waals surface area contributed by atoms with E-state index in [9.17, 15) is 9.59 Å². The maximum Gasteiger partial charge on any atom is 0.267 e. The topological polar surface area (TPSA) is 65.1 Å². The summed E-state index contributed by atoms with van der Waals surface area (Å²) in [6.45, 7) is 2.26. The van der Waals surface area contributed by atoms with Crippen LogP contribution in [0.2, 0.25) is 0 Å². The van der Waals surface area contributed by atoms with Gasteiger partial charge in [-0.15, -0.1) is 11.3 Å². The van der Waals surface area contributed by atoms with Crippen molar-refractivity contribution < 1.29 is 9.21 Å². The number of fused-ring (bicyclic) bond motifs is 4. The normalized spacial score (nSPS) is 15.6. The van der Waals surface area contributed by atoms with E-state index in [1.165, 1.54) is 16.6 Å². The summed E-state index contributed by atoms with van der Waals surface area (Å²) >= 11 is 2.91. The highest BCUT2D eigenvalue weighted by Gasteiger charge is 2.25. The Balaban J connectivity index is 1.41. The molecule has 34 heavy (non-hydrogen) atoms. The third-order valence-corrected chi connectivity index (χ3v) is 8.43. The van der Waals surface area contributed by atoms with Gasteiger partial charge >= 0.3 is 0 Å². The minimum atomic E-state index is -0.130. The van der Waals surface area contributed by atoms with Gasteiger partial charge in [-0.1, -0.05) is 55.1 Å². The van der Waals surface area contributed by atoms with E-state index >= 15 is 0 Å². The number of benzene rings is 2. The molecule has 2 aromatic carbocycles. The third kappa shape index (κ3) is 3.69. The average molecular weight is 487 g/mol. The Bertz CT molecular complexity index is 1560. The first kappa shape index (κ1) is 21.4. The molecule has 3 heterocycles. The Morgan fingerprint density at radius 3 is 2.79 bits per heavy atom. The second-order valence-electron chi connectivity index (χ2n) is 8.76. The van der Waals surface area contributed by atoms with Crippen molar-refractivity contribution in [3.05, 3.63) is 87.2 Å². The van der Waals surface area contributed by atoms with E-state index in [0.717, 1.165) is 46.1 Å². The first-order valence-corrected chi connectivity index (χ1v) is 13.2. The van der Waals surface area contributed by atoms with Crippen molar-refractivity contribution in [1.29, 1.82) is 0 Å². The molecular formula is C27H22N2O3S2. The summed E-state index contributed by atoms with van der Waals surface area (Å²) in [5.74, 6) is 0.942. The standard InChI is InChI=1S/C27H22N2O3S2/c1-16-11-12-19-23(13-16)34-25-24(19)26(31)29(18-8-3-2-4-9-18)27(28-25)33-15-20(30)22-14-17-7-5-6-10-21(17)32-22/h2-10,14,16H,11-13,15H2,1H3. The van der Waals surface area contributed by atoms with Gasteiger partial charge in [-0.05, 0) is 55.0 Å². The van der Waals surface area contributed by atoms with Gasteiger partial charge in [0.1, 0.15) is 10.4 Å². The lowest BCUT2D eigenvalue weighted by molar-refractivity contribution is 0.0994. The largest absolute Gasteiger partial charge is 0.453 e. The van der Waals surface area contributed by atoms with Crippen LogP contribution < -0.4 is 5.56 Å². The molecule has 1 atom stereocenters. The van der Waals surface area contributed by atoms with Crippen molar-refractivity contribution in [3.8, 4) is 5.69 Å². The fourth-order valence-corrected chi connectivity index (χ4v) is 6.90. The number of aromatic nitrogens is 2. The van der Waals surface area contributed by atoms with Gasteiger partial charge in [-0.25, -0.2) is 4.98 Å². The number of Topliss-reactive ketones (excluding diaryl/α,β-unsaturated/α-hetero) is 1. The number of aryl methyl sites for hydroxylation is 1. The van der Waals surface area contributed by atoms with E-state index in [2.05, 4.69) is 6.92 Å². The quantitative estimate of drug-likeness (QED) is 0.166. The molecule has 1 unspecified atom stereocenters. The molecule has 5 aromatic rings. The van der Waals surface area contributed by atoms with E-state index in [-0.39, 0.29) is 17.1 Å². The van der Waals surface area contributed by atoms with Crippen molar-refractivity contribution >= 4 is 50.1 Å². The van der Waals surface area contributed by atoms with E-state index in [1.807, 2.05) is 54.6 Å². The molecule has 7 heteroatoms. The molecule has 0 spiro atoms. The fourth-order valence-electron chi connectivity index (χ4n) is 4.59. The van der Waals surface area contributed by atoms with Crippen LogP contribution in [0.3, 0.4) is 0 Å². The van der Waals surface area contributed by atoms with Crippen molar-refractivity contribution in [2.45, 2.75) is 31.3 Å². The smallest absolute Gasteiger partial charge is 0.267 e. The minimum Gasteiger partial charge on any atom is -0.453 e. The predicted octanol–water partition coefficient (Wildman–Crippen LogP) is 6.29. The van der Waals surface area contributed by atoms with Crippen molar-refractivity contribution in [2.75, 3.05) is 5.75 Å². The highest BCUT2D eigenvalue weighted by Crippen LogP contribution is 2.37. The summed E-state index contributed by atoms with van der Waals surface area (Å²) in [5.41, 5.74) is 2.55. The molecule has 0 radical (unpaired) electrons. The first-order chi connectivity index (χ1) is 16.6. The Morgan fingerprint density at radius 1 is 1.18 bits per heavy atom. The lowest BCUT2D eigenvalue weighted by Crippen LogP contribution is -2.23. The maximum atomic E-state index is 13.8. The Hall–Kier alpha value is -3.16.